The molecule has 1 aliphatic heterocycles. The van der Waals surface area contributed by atoms with Crippen molar-refractivity contribution in [2.75, 3.05) is 32.5 Å². The molecule has 0 spiro atoms. The minimum Gasteiger partial charge on any atom is -0.466 e. The lowest BCUT2D eigenvalue weighted by Crippen LogP contribution is -2.38. The van der Waals surface area contributed by atoms with Crippen LogP contribution < -0.4 is 9.64 Å². The number of carbonyl (C=O) groups is 2. The number of nitrogens with zero attached hydrogens (tertiary/aromatic N) is 2. The van der Waals surface area contributed by atoms with E-state index in [0.717, 1.165) is 12.7 Å². The lowest BCUT2D eigenvalue weighted by atomic mass is 10.1. The van der Waals surface area contributed by atoms with E-state index in [1.54, 1.807) is 18.2 Å². The highest BCUT2D eigenvalue weighted by atomic mass is 16.6. The molecule has 10 nitrogen and oxygen atoms in total. The zero-order valence-corrected chi connectivity index (χ0v) is 17.1. The Morgan fingerprint density at radius 3 is 2.45 bits per heavy atom. The maximum atomic E-state index is 12.5. The van der Waals surface area contributed by atoms with Crippen LogP contribution in [0.15, 0.2) is 53.7 Å². The number of esters is 2. The number of ether oxygens (including phenoxy) is 4. The van der Waals surface area contributed by atoms with Crippen molar-refractivity contribution >= 4 is 23.3 Å². The van der Waals surface area contributed by atoms with Gasteiger partial charge < -0.3 is 23.8 Å². The summed E-state index contributed by atoms with van der Waals surface area (Å²) in [5, 5.41) is 11.5. The van der Waals surface area contributed by atoms with Crippen molar-refractivity contribution in [1.82, 2.24) is 0 Å². The molecule has 0 aromatic heterocycles. The Morgan fingerprint density at radius 2 is 1.81 bits per heavy atom. The van der Waals surface area contributed by atoms with Crippen LogP contribution in [0.1, 0.15) is 5.56 Å². The van der Waals surface area contributed by atoms with Gasteiger partial charge >= 0.3 is 11.9 Å². The van der Waals surface area contributed by atoms with Crippen molar-refractivity contribution in [3.05, 3.63) is 69.4 Å². The highest BCUT2D eigenvalue weighted by Gasteiger charge is 2.33. The zero-order valence-electron chi connectivity index (χ0n) is 17.1. The highest BCUT2D eigenvalue weighted by molar-refractivity contribution is 6.03. The Bertz CT molecular complexity index is 1060. The van der Waals surface area contributed by atoms with Gasteiger partial charge in [0.05, 0.1) is 43.1 Å². The molecule has 162 valence electrons. The molecule has 10 heteroatoms. The van der Waals surface area contributed by atoms with Crippen molar-refractivity contribution < 1.29 is 33.5 Å². The molecular formula is C21H20N2O8. The number of hydrogen-bond acceptors (Lipinski definition) is 9. The van der Waals surface area contributed by atoms with Gasteiger partial charge in [-0.15, -0.1) is 0 Å². The second-order valence-corrected chi connectivity index (χ2v) is 6.58. The van der Waals surface area contributed by atoms with Crippen LogP contribution in [0.4, 0.5) is 11.4 Å². The molecule has 0 atom stereocenters. The number of methoxy groups -OCH3 is 2. The molecule has 0 radical (unpaired) electrons. The van der Waals surface area contributed by atoms with E-state index in [1.807, 2.05) is 13.0 Å². The number of rotatable bonds is 6. The summed E-state index contributed by atoms with van der Waals surface area (Å²) in [5.41, 5.74) is 0.704. The van der Waals surface area contributed by atoms with E-state index >= 15 is 0 Å². The topological polar surface area (TPSA) is 117 Å². The monoisotopic (exact) mass is 428 g/mol. The standard InChI is InChI=1S/C21H20N2O8/c1-13-5-4-6-16(7-13)31-17-9-14(8-15(10-17)23(26)27)22-12-30-11-18(20(24)28-2)19(22)21(25)29-3/h4-10H,11-12H2,1-3H3. The van der Waals surface area contributed by atoms with Gasteiger partial charge in [0.2, 0.25) is 0 Å². The van der Waals surface area contributed by atoms with E-state index in [1.165, 1.54) is 30.2 Å². The summed E-state index contributed by atoms with van der Waals surface area (Å²) in [7, 11) is 2.34. The van der Waals surface area contributed by atoms with Crippen molar-refractivity contribution in [1.29, 1.82) is 0 Å². The normalized spacial score (nSPS) is 13.6. The van der Waals surface area contributed by atoms with Crippen molar-refractivity contribution in [3.63, 3.8) is 0 Å². The van der Waals surface area contributed by atoms with E-state index in [2.05, 4.69) is 0 Å². The van der Waals surface area contributed by atoms with Gasteiger partial charge in [-0.3, -0.25) is 10.1 Å². The van der Waals surface area contributed by atoms with Crippen LogP contribution >= 0.6 is 0 Å². The van der Waals surface area contributed by atoms with Crippen molar-refractivity contribution in [3.8, 4) is 11.5 Å². The van der Waals surface area contributed by atoms with Crippen LogP contribution in [0.25, 0.3) is 0 Å². The SMILES string of the molecule is COC(=O)C1=C(C(=O)OC)N(c2cc(Oc3cccc(C)c3)cc([N+](=O)[O-])c2)COC1. The number of anilines is 1. The molecule has 0 saturated heterocycles. The quantitative estimate of drug-likeness (QED) is 0.388. The fourth-order valence-corrected chi connectivity index (χ4v) is 3.05. The van der Waals surface area contributed by atoms with Crippen LogP contribution in [0, 0.1) is 17.0 Å². The first-order valence-corrected chi connectivity index (χ1v) is 9.13. The molecule has 0 saturated carbocycles. The third-order valence-electron chi connectivity index (χ3n) is 4.46. The van der Waals surface area contributed by atoms with E-state index < -0.39 is 16.9 Å². The van der Waals surface area contributed by atoms with Gasteiger partial charge in [0.15, 0.2) is 0 Å². The number of benzene rings is 2. The van der Waals surface area contributed by atoms with Crippen molar-refractivity contribution in [2.24, 2.45) is 0 Å². The Balaban J connectivity index is 2.11. The molecule has 1 heterocycles. The van der Waals surface area contributed by atoms with E-state index in [4.69, 9.17) is 18.9 Å². The first-order chi connectivity index (χ1) is 14.8. The number of nitro benzene ring substituents is 1. The number of non-ortho nitro benzene ring substituents is 1. The molecule has 3 rings (SSSR count). The molecule has 0 N–H and O–H groups in total. The molecule has 2 aromatic carbocycles. The minimum absolute atomic E-state index is 0.0618. The van der Waals surface area contributed by atoms with Crippen LogP contribution in [0.3, 0.4) is 0 Å². The second kappa shape index (κ2) is 9.26. The first kappa shape index (κ1) is 21.8. The van der Waals surface area contributed by atoms with E-state index in [0.29, 0.717) is 5.75 Å². The summed E-state index contributed by atoms with van der Waals surface area (Å²) >= 11 is 0. The van der Waals surface area contributed by atoms with Crippen LogP contribution in [0.2, 0.25) is 0 Å². The maximum absolute atomic E-state index is 12.5. The first-order valence-electron chi connectivity index (χ1n) is 9.13. The Labute approximate surface area is 177 Å². The summed E-state index contributed by atoms with van der Waals surface area (Å²) in [6.45, 7) is 1.57. The molecule has 0 aliphatic carbocycles. The third-order valence-corrected chi connectivity index (χ3v) is 4.46. The van der Waals surface area contributed by atoms with Crippen LogP contribution in [0.5, 0.6) is 11.5 Å². The number of hydrogen-bond donors (Lipinski definition) is 0. The second-order valence-electron chi connectivity index (χ2n) is 6.58. The summed E-state index contributed by atoms with van der Waals surface area (Å²) in [4.78, 5) is 36.9. The Kier molecular flexibility index (Phi) is 6.51. The average molecular weight is 428 g/mol. The van der Waals surface area contributed by atoms with E-state index in [9.17, 15) is 19.7 Å². The fraction of sp³-hybridized carbons (Fsp3) is 0.238. The molecule has 31 heavy (non-hydrogen) atoms. The molecule has 0 amide bonds. The number of nitro groups is 1. The van der Waals surface area contributed by atoms with Gasteiger partial charge in [0, 0.05) is 12.1 Å². The minimum atomic E-state index is -0.809. The Morgan fingerprint density at radius 1 is 1.06 bits per heavy atom. The van der Waals surface area contributed by atoms with Gasteiger partial charge in [0.1, 0.15) is 23.9 Å². The number of carbonyl (C=O) groups excluding carboxylic acids is 2. The summed E-state index contributed by atoms with van der Waals surface area (Å²) < 4.78 is 20.8. The van der Waals surface area contributed by atoms with Crippen LogP contribution in [-0.2, 0) is 23.8 Å². The highest BCUT2D eigenvalue weighted by Crippen LogP contribution is 2.35. The third kappa shape index (κ3) is 4.81. The summed E-state index contributed by atoms with van der Waals surface area (Å²) in [5.74, 6) is -0.923. The Hall–Kier alpha value is -3.92. The van der Waals surface area contributed by atoms with Crippen LogP contribution in [-0.4, -0.2) is 44.4 Å². The van der Waals surface area contributed by atoms with Crippen molar-refractivity contribution in [2.45, 2.75) is 6.92 Å². The lowest BCUT2D eigenvalue weighted by Gasteiger charge is -2.31. The molecule has 0 bridgehead atoms. The van der Waals surface area contributed by atoms with E-state index in [-0.39, 0.29) is 41.7 Å². The largest absolute Gasteiger partial charge is 0.466 e. The summed E-state index contributed by atoms with van der Waals surface area (Å²) in [6.07, 6.45) is 0. The van der Waals surface area contributed by atoms with Gasteiger partial charge in [-0.2, -0.15) is 0 Å². The molecule has 0 unspecified atom stereocenters. The number of aryl methyl sites for hydroxylation is 1. The van der Waals surface area contributed by atoms with Gasteiger partial charge in [-0.1, -0.05) is 12.1 Å². The maximum Gasteiger partial charge on any atom is 0.355 e. The molecular weight excluding hydrogens is 408 g/mol. The fourth-order valence-electron chi connectivity index (χ4n) is 3.05. The predicted octanol–water partition coefficient (Wildman–Crippen LogP) is 3.09. The molecule has 0 fully saturated rings. The predicted molar refractivity (Wildman–Crippen MR) is 109 cm³/mol. The summed E-state index contributed by atoms with van der Waals surface area (Å²) in [6, 6.07) is 11.2. The smallest absolute Gasteiger partial charge is 0.355 e. The van der Waals surface area contributed by atoms with Gasteiger partial charge in [-0.05, 0) is 24.6 Å². The molecule has 2 aromatic rings. The zero-order chi connectivity index (χ0) is 22.5. The lowest BCUT2D eigenvalue weighted by molar-refractivity contribution is -0.384. The average Bonchev–Trinajstić information content (AvgIpc) is 2.77. The van der Waals surface area contributed by atoms with Gasteiger partial charge in [-0.25, -0.2) is 9.59 Å². The molecule has 1 aliphatic rings. The van der Waals surface area contributed by atoms with Gasteiger partial charge in [0.25, 0.3) is 5.69 Å².